The smallest absolute Gasteiger partial charge is 0.409 e. The molecule has 0 aliphatic carbocycles. The van der Waals surface area contributed by atoms with E-state index in [1.54, 1.807) is 18.2 Å². The number of carbonyl (C=O) groups is 3. The van der Waals surface area contributed by atoms with Crippen LogP contribution in [0.4, 0.5) is 16.2 Å². The number of carboxylic acid groups (broad SMARTS) is 1. The number of benzene rings is 2. The molecule has 35 heavy (non-hydrogen) atoms. The van der Waals surface area contributed by atoms with Crippen molar-refractivity contribution in [3.63, 3.8) is 0 Å². The monoisotopic (exact) mass is 474 g/mol. The fourth-order valence-electron chi connectivity index (χ4n) is 3.65. The van der Waals surface area contributed by atoms with Crippen LogP contribution < -0.4 is 15.4 Å². The molecule has 0 bridgehead atoms. The maximum atomic E-state index is 12.8. The molecular formula is C26H26N4O5. The van der Waals surface area contributed by atoms with E-state index in [9.17, 15) is 19.5 Å². The standard InChI is InChI=1S/C26H26N4O5/c1-26(2,3)23-9-6-10-30(23)20-12-18(19(29-25(33)34)13-22(20)35-4)28-24(32)14-21(31)17-8-5-7-16(11-17)15-27/h5-13,29H,14H2,1-4H3,(H,28,32)(H,33,34). The van der Waals surface area contributed by atoms with E-state index in [0.717, 1.165) is 5.69 Å². The third kappa shape index (κ3) is 5.86. The quantitative estimate of drug-likeness (QED) is 0.327. The van der Waals surface area contributed by atoms with Crippen LogP contribution in [0.5, 0.6) is 5.75 Å². The van der Waals surface area contributed by atoms with Crippen molar-refractivity contribution < 1.29 is 24.2 Å². The van der Waals surface area contributed by atoms with Crippen LogP contribution >= 0.6 is 0 Å². The van der Waals surface area contributed by atoms with Crippen LogP contribution in [0, 0.1) is 11.3 Å². The van der Waals surface area contributed by atoms with Gasteiger partial charge in [0.2, 0.25) is 5.91 Å². The van der Waals surface area contributed by atoms with E-state index in [1.165, 1.54) is 25.3 Å². The number of nitrogens with one attached hydrogen (secondary N) is 2. The summed E-state index contributed by atoms with van der Waals surface area (Å²) < 4.78 is 7.42. The second kappa shape index (κ2) is 10.1. The van der Waals surface area contributed by atoms with Gasteiger partial charge in [-0.3, -0.25) is 14.9 Å². The van der Waals surface area contributed by atoms with Crippen LogP contribution in [-0.4, -0.2) is 34.6 Å². The lowest BCUT2D eigenvalue weighted by Gasteiger charge is -2.24. The fraction of sp³-hybridized carbons (Fsp3) is 0.231. The zero-order valence-electron chi connectivity index (χ0n) is 19.9. The number of aromatic nitrogens is 1. The molecule has 0 aliphatic heterocycles. The first-order valence-corrected chi connectivity index (χ1v) is 10.8. The number of Topliss-reactive ketones (excluding diaryl/α,β-unsaturated/α-hetero) is 1. The zero-order chi connectivity index (χ0) is 25.8. The van der Waals surface area contributed by atoms with E-state index in [2.05, 4.69) is 31.4 Å². The largest absolute Gasteiger partial charge is 0.494 e. The Balaban J connectivity index is 1.98. The first kappa shape index (κ1) is 25.1. The predicted molar refractivity (Wildman–Crippen MR) is 131 cm³/mol. The fourth-order valence-corrected chi connectivity index (χ4v) is 3.65. The molecule has 2 aromatic carbocycles. The number of nitriles is 1. The summed E-state index contributed by atoms with van der Waals surface area (Å²) >= 11 is 0. The first-order chi connectivity index (χ1) is 16.5. The minimum absolute atomic E-state index is 0.0924. The summed E-state index contributed by atoms with van der Waals surface area (Å²) in [5.74, 6) is -0.718. The second-order valence-corrected chi connectivity index (χ2v) is 8.85. The molecule has 0 atom stereocenters. The van der Waals surface area contributed by atoms with Gasteiger partial charge in [0, 0.05) is 28.9 Å². The number of amides is 2. The van der Waals surface area contributed by atoms with Crippen LogP contribution in [0.3, 0.4) is 0 Å². The highest BCUT2D eigenvalue weighted by Gasteiger charge is 2.22. The number of ketones is 1. The van der Waals surface area contributed by atoms with Gasteiger partial charge in [0.15, 0.2) is 5.78 Å². The van der Waals surface area contributed by atoms with Crippen molar-refractivity contribution in [1.29, 1.82) is 5.26 Å². The van der Waals surface area contributed by atoms with E-state index in [1.807, 2.05) is 29.0 Å². The van der Waals surface area contributed by atoms with Gasteiger partial charge in [0.25, 0.3) is 0 Å². The van der Waals surface area contributed by atoms with Gasteiger partial charge in [0.05, 0.1) is 42.2 Å². The second-order valence-electron chi connectivity index (χ2n) is 8.85. The van der Waals surface area contributed by atoms with Crippen LogP contribution in [0.1, 0.15) is 48.8 Å². The third-order valence-corrected chi connectivity index (χ3v) is 5.25. The molecule has 0 unspecified atom stereocenters. The molecule has 180 valence electrons. The van der Waals surface area contributed by atoms with Crippen LogP contribution in [0.25, 0.3) is 5.69 Å². The van der Waals surface area contributed by atoms with Crippen molar-refractivity contribution >= 4 is 29.2 Å². The normalized spacial score (nSPS) is 10.8. The minimum Gasteiger partial charge on any atom is -0.494 e. The molecule has 2 amide bonds. The number of carbonyl (C=O) groups excluding carboxylic acids is 2. The summed E-state index contributed by atoms with van der Waals surface area (Å²) in [6.07, 6.45) is 0.0376. The lowest BCUT2D eigenvalue weighted by atomic mass is 9.92. The molecule has 0 spiro atoms. The maximum Gasteiger partial charge on any atom is 0.409 e. The molecule has 3 aromatic rings. The molecular weight excluding hydrogens is 448 g/mol. The first-order valence-electron chi connectivity index (χ1n) is 10.8. The number of hydrogen-bond acceptors (Lipinski definition) is 5. The molecule has 1 heterocycles. The predicted octanol–water partition coefficient (Wildman–Crippen LogP) is 4.96. The van der Waals surface area contributed by atoms with Crippen molar-refractivity contribution in [2.24, 2.45) is 0 Å². The topological polar surface area (TPSA) is 133 Å². The SMILES string of the molecule is COc1cc(NC(=O)O)c(NC(=O)CC(=O)c2cccc(C#N)c2)cc1-n1cccc1C(C)(C)C. The highest BCUT2D eigenvalue weighted by molar-refractivity contribution is 6.12. The van der Waals surface area contributed by atoms with Gasteiger partial charge in [-0.1, -0.05) is 32.9 Å². The van der Waals surface area contributed by atoms with Gasteiger partial charge >= 0.3 is 6.09 Å². The van der Waals surface area contributed by atoms with E-state index in [4.69, 9.17) is 10.00 Å². The zero-order valence-corrected chi connectivity index (χ0v) is 19.9. The Labute approximate surface area is 202 Å². The minimum atomic E-state index is -1.32. The molecule has 9 nitrogen and oxygen atoms in total. The summed E-state index contributed by atoms with van der Waals surface area (Å²) in [5.41, 5.74) is 2.16. The van der Waals surface area contributed by atoms with Crippen LogP contribution in [0.15, 0.2) is 54.7 Å². The molecule has 3 rings (SSSR count). The summed E-state index contributed by atoms with van der Waals surface area (Å²) in [5, 5.41) is 23.2. The number of nitrogens with zero attached hydrogens (tertiary/aromatic N) is 2. The van der Waals surface area contributed by atoms with Crippen molar-refractivity contribution in [3.8, 4) is 17.5 Å². The summed E-state index contributed by atoms with van der Waals surface area (Å²) in [6, 6.07) is 15.0. The lowest BCUT2D eigenvalue weighted by Crippen LogP contribution is -2.20. The molecule has 0 radical (unpaired) electrons. The lowest BCUT2D eigenvalue weighted by molar-refractivity contribution is -0.115. The van der Waals surface area contributed by atoms with Crippen molar-refractivity contribution in [2.75, 3.05) is 17.7 Å². The Bertz CT molecular complexity index is 1330. The van der Waals surface area contributed by atoms with Crippen LogP contribution in [-0.2, 0) is 10.2 Å². The highest BCUT2D eigenvalue weighted by atomic mass is 16.5. The Morgan fingerprint density at radius 2 is 1.77 bits per heavy atom. The summed E-state index contributed by atoms with van der Waals surface area (Å²) in [7, 11) is 1.47. The molecule has 1 aromatic heterocycles. The number of methoxy groups -OCH3 is 1. The van der Waals surface area contributed by atoms with E-state index in [0.29, 0.717) is 17.0 Å². The Kier molecular flexibility index (Phi) is 7.25. The van der Waals surface area contributed by atoms with E-state index < -0.39 is 24.2 Å². The Morgan fingerprint density at radius 3 is 2.40 bits per heavy atom. The van der Waals surface area contributed by atoms with Gasteiger partial charge in [-0.05, 0) is 30.3 Å². The van der Waals surface area contributed by atoms with Crippen molar-refractivity contribution in [1.82, 2.24) is 4.57 Å². The molecule has 9 heteroatoms. The van der Waals surface area contributed by atoms with Crippen LogP contribution in [0.2, 0.25) is 0 Å². The number of hydrogen-bond donors (Lipinski definition) is 3. The Hall–Kier alpha value is -4.58. The van der Waals surface area contributed by atoms with Gasteiger partial charge in [-0.2, -0.15) is 5.26 Å². The summed E-state index contributed by atoms with van der Waals surface area (Å²) in [4.78, 5) is 36.7. The Morgan fingerprint density at radius 1 is 1.06 bits per heavy atom. The molecule has 0 saturated heterocycles. The molecule has 0 fully saturated rings. The van der Waals surface area contributed by atoms with Gasteiger partial charge in [-0.25, -0.2) is 4.79 Å². The van der Waals surface area contributed by atoms with Crippen molar-refractivity contribution in [2.45, 2.75) is 32.6 Å². The molecule has 0 saturated carbocycles. The van der Waals surface area contributed by atoms with E-state index >= 15 is 0 Å². The van der Waals surface area contributed by atoms with Gasteiger partial charge in [-0.15, -0.1) is 0 Å². The average Bonchev–Trinajstić information content (AvgIpc) is 3.30. The van der Waals surface area contributed by atoms with Gasteiger partial charge < -0.3 is 19.7 Å². The highest BCUT2D eigenvalue weighted by Crippen LogP contribution is 2.36. The van der Waals surface area contributed by atoms with E-state index in [-0.39, 0.29) is 22.4 Å². The number of anilines is 2. The van der Waals surface area contributed by atoms with Gasteiger partial charge in [0.1, 0.15) is 5.75 Å². The molecule has 3 N–H and O–H groups in total. The molecule has 0 aliphatic rings. The third-order valence-electron chi connectivity index (χ3n) is 5.25. The number of ether oxygens (including phenoxy) is 1. The van der Waals surface area contributed by atoms with Crippen molar-refractivity contribution in [3.05, 3.63) is 71.5 Å². The average molecular weight is 475 g/mol. The summed E-state index contributed by atoms with van der Waals surface area (Å²) in [6.45, 7) is 6.17. The maximum absolute atomic E-state index is 12.8. The number of rotatable bonds is 7.